The Hall–Kier alpha value is 1.65. The first-order valence-corrected chi connectivity index (χ1v) is 7.95. The van der Waals surface area contributed by atoms with Gasteiger partial charge in [0.05, 0.1) is 0 Å². The van der Waals surface area contributed by atoms with Crippen LogP contribution in [0.25, 0.3) is 0 Å². The fourth-order valence-electron chi connectivity index (χ4n) is 0. The van der Waals surface area contributed by atoms with E-state index in [9.17, 15) is 4.57 Å². The van der Waals surface area contributed by atoms with Gasteiger partial charge in [0.1, 0.15) is 0 Å². The van der Waals surface area contributed by atoms with Crippen LogP contribution in [0.5, 0.6) is 0 Å². The lowest BCUT2D eigenvalue weighted by atomic mass is 15.9. The van der Waals surface area contributed by atoms with Crippen molar-refractivity contribution in [3.8, 4) is 0 Å². The molecule has 0 aliphatic rings. The monoisotopic (exact) mass is 318 g/mol. The normalized spacial score (nSPS) is 11.8. The average Bonchev–Trinajstić information content (AvgIpc) is 0.722. The van der Waals surface area contributed by atoms with Gasteiger partial charge in [0.25, 0.3) is 0 Å². The van der Waals surface area contributed by atoms with Gasteiger partial charge in [0.15, 0.2) is 0 Å². The molecule has 0 spiro atoms. The topological polar surface area (TPSA) is 37.3 Å². The third kappa shape index (κ3) is 27.6. The lowest BCUT2D eigenvalue weighted by Crippen LogP contribution is -1.36. The molecule has 0 atom stereocenters. The van der Waals surface area contributed by atoms with E-state index >= 15 is 0 Å². The van der Waals surface area contributed by atoms with Gasteiger partial charge in [-0.15, -0.1) is 0 Å². The van der Waals surface area contributed by atoms with Crippen LogP contribution in [0, 0.1) is 0 Å². The third-order valence-electron chi connectivity index (χ3n) is 0. The van der Waals surface area contributed by atoms with E-state index in [0.717, 1.165) is 0 Å². The summed E-state index contributed by atoms with van der Waals surface area (Å²) in [6.45, 7) is 0. The Labute approximate surface area is 55.8 Å². The van der Waals surface area contributed by atoms with Crippen LogP contribution >= 0.6 is 46.7 Å². The number of hydrogen-bond donors (Lipinski definition) is 1. The highest BCUT2D eigenvalue weighted by Crippen LogP contribution is 2.58. The van der Waals surface area contributed by atoms with Crippen molar-refractivity contribution in [2.45, 2.75) is 0 Å². The van der Waals surface area contributed by atoms with E-state index in [1.807, 2.05) is 0 Å². The van der Waals surface area contributed by atoms with Gasteiger partial charge in [-0.25, -0.2) is 0 Å². The molecule has 0 heterocycles. The Morgan fingerprint density at radius 1 is 1.60 bits per heavy atom. The van der Waals surface area contributed by atoms with Crippen LogP contribution in [-0.4, -0.2) is 4.89 Å². The van der Waals surface area contributed by atoms with Crippen LogP contribution in [0.2, 0.25) is 0 Å². The predicted octanol–water partition coefficient (Wildman–Crippen LogP) is 1.96. The van der Waals surface area contributed by atoms with Crippen molar-refractivity contribution in [2.75, 3.05) is 0 Å². The molecule has 0 fully saturated rings. The minimum absolute atomic E-state index is 1.48. The molecule has 0 bridgehead atoms. The Kier molecular flexibility index (Phi) is 2.78. The molecule has 0 radical (unpaired) electrons. The van der Waals surface area contributed by atoms with E-state index < -0.39 is 2.65 Å². The van der Waals surface area contributed by atoms with Gasteiger partial charge in [0.2, 0.25) is 0 Å². The highest BCUT2D eigenvalue weighted by atomic mass is 127. The largest absolute Gasteiger partial charge is 0.330 e. The maximum Gasteiger partial charge on any atom is 0.313 e. The minimum atomic E-state index is -2.70. The summed E-state index contributed by atoms with van der Waals surface area (Å²) in [4.78, 5) is 8.05. The second kappa shape index (κ2) is 2.09. The summed E-state index contributed by atoms with van der Waals surface area (Å²) in [6, 6.07) is 0. The van der Waals surface area contributed by atoms with Gasteiger partial charge in [-0.3, -0.25) is 4.57 Å². The van der Waals surface area contributed by atoms with Crippen molar-refractivity contribution in [3.05, 3.63) is 0 Å². The summed E-state index contributed by atoms with van der Waals surface area (Å²) in [5.41, 5.74) is 0. The molecular weight excluding hydrogens is 317 g/mol. The Bertz CT molecular complexity index is 53.8. The van der Waals surface area contributed by atoms with Crippen LogP contribution in [0.4, 0.5) is 0 Å². The first-order valence-electron chi connectivity index (χ1n) is 0.721. The Morgan fingerprint density at radius 3 is 1.60 bits per heavy atom. The Morgan fingerprint density at radius 2 is 1.60 bits per heavy atom. The van der Waals surface area contributed by atoms with Crippen molar-refractivity contribution >= 4 is 46.7 Å². The maximum absolute atomic E-state index is 9.74. The molecule has 0 aliphatic heterocycles. The molecule has 0 saturated carbocycles. The third-order valence-corrected chi connectivity index (χ3v) is 0. The van der Waals surface area contributed by atoms with Gasteiger partial charge in [-0.2, -0.15) is 0 Å². The van der Waals surface area contributed by atoms with Crippen molar-refractivity contribution < 1.29 is 9.46 Å². The van der Waals surface area contributed by atoms with E-state index in [1.165, 1.54) is 44.1 Å². The molecule has 0 aromatic heterocycles. The molecule has 2 nitrogen and oxygen atoms in total. The van der Waals surface area contributed by atoms with Crippen LogP contribution in [0.1, 0.15) is 0 Å². The molecule has 0 saturated heterocycles. The van der Waals surface area contributed by atoms with E-state index in [4.69, 9.17) is 4.89 Å². The highest BCUT2D eigenvalue weighted by molar-refractivity contribution is 14.3. The van der Waals surface area contributed by atoms with Crippen molar-refractivity contribution in [2.24, 2.45) is 0 Å². The van der Waals surface area contributed by atoms with Gasteiger partial charge in [-0.1, -0.05) is 0 Å². The number of halogens is 2. The lowest BCUT2D eigenvalue weighted by Gasteiger charge is -1.79. The average molecular weight is 318 g/mol. The molecule has 5 heteroatoms. The van der Waals surface area contributed by atoms with Crippen molar-refractivity contribution in [1.82, 2.24) is 0 Å². The van der Waals surface area contributed by atoms with Gasteiger partial charge in [0, 0.05) is 44.1 Å². The molecule has 0 aromatic carbocycles. The summed E-state index contributed by atoms with van der Waals surface area (Å²) in [6.07, 6.45) is 0. The van der Waals surface area contributed by atoms with E-state index in [1.54, 1.807) is 0 Å². The second-order valence-corrected chi connectivity index (χ2v) is 14.7. The van der Waals surface area contributed by atoms with Gasteiger partial charge in [-0.05, 0) is 0 Å². The highest BCUT2D eigenvalue weighted by Gasteiger charge is 1.99. The lowest BCUT2D eigenvalue weighted by molar-refractivity contribution is 0.520. The predicted molar refractivity (Wildman–Crippen MR) is 37.9 cm³/mol. The van der Waals surface area contributed by atoms with Crippen LogP contribution in [0.3, 0.4) is 0 Å². The smallest absolute Gasteiger partial charge is 0.313 e. The minimum Gasteiger partial charge on any atom is -0.330 e. The Balaban J connectivity index is 3.47. The summed E-state index contributed by atoms with van der Waals surface area (Å²) < 4.78 is 7.05. The zero-order valence-electron chi connectivity index (χ0n) is 2.06. The molecule has 0 aromatic rings. The molecule has 32 valence electrons. The van der Waals surface area contributed by atoms with Crippen LogP contribution in [-0.2, 0) is 4.57 Å². The molecular formula is HI2O2P. The number of hydrogen-bond acceptors (Lipinski definition) is 1. The second-order valence-electron chi connectivity index (χ2n) is 0.435. The van der Waals surface area contributed by atoms with Crippen molar-refractivity contribution in [3.63, 3.8) is 0 Å². The molecule has 0 amide bonds. The summed E-state index contributed by atoms with van der Waals surface area (Å²) in [7, 11) is 0. The molecule has 0 rings (SSSR count). The first-order chi connectivity index (χ1) is 2.00. The van der Waals surface area contributed by atoms with E-state index in [-0.39, 0.29) is 0 Å². The molecule has 1 N–H and O–H groups in total. The van der Waals surface area contributed by atoms with E-state index in [0.29, 0.717) is 0 Å². The quantitative estimate of drug-likeness (QED) is 0.548. The summed E-state index contributed by atoms with van der Waals surface area (Å²) in [5.74, 6) is 0. The van der Waals surface area contributed by atoms with Gasteiger partial charge >= 0.3 is 2.65 Å². The van der Waals surface area contributed by atoms with Crippen LogP contribution in [0.15, 0.2) is 0 Å². The number of rotatable bonds is 0. The SMILES string of the molecule is O=P(O)(I)I. The first kappa shape index (κ1) is 6.65. The zero-order chi connectivity index (χ0) is 4.50. The van der Waals surface area contributed by atoms with E-state index in [2.05, 4.69) is 0 Å². The summed E-state index contributed by atoms with van der Waals surface area (Å²) in [5, 5.41) is 0. The van der Waals surface area contributed by atoms with Crippen molar-refractivity contribution in [1.29, 1.82) is 0 Å². The molecule has 0 aliphatic carbocycles. The summed E-state index contributed by atoms with van der Waals surface area (Å²) >= 11 is 2.95. The fraction of sp³-hybridized carbons (Fsp3) is 0. The van der Waals surface area contributed by atoms with Gasteiger partial charge < -0.3 is 4.89 Å². The fourth-order valence-corrected chi connectivity index (χ4v) is 0. The van der Waals surface area contributed by atoms with Crippen LogP contribution < -0.4 is 0 Å². The standard InChI is InChI=1S/HI2O2P/c1-5(2,3)4/h(H,3,4). The molecule has 5 heavy (non-hydrogen) atoms. The molecule has 0 unspecified atom stereocenters. The zero-order valence-corrected chi connectivity index (χ0v) is 7.27. The maximum atomic E-state index is 9.74.